The monoisotopic (exact) mass is 382 g/mol. The summed E-state index contributed by atoms with van der Waals surface area (Å²) in [5, 5.41) is 0. The van der Waals surface area contributed by atoms with Gasteiger partial charge in [0.05, 0.1) is 28.4 Å². The summed E-state index contributed by atoms with van der Waals surface area (Å²) >= 11 is 0. The van der Waals surface area contributed by atoms with E-state index in [0.29, 0.717) is 23.2 Å². The molecule has 0 bridgehead atoms. The van der Waals surface area contributed by atoms with Crippen LogP contribution in [0.4, 0.5) is 0 Å². The van der Waals surface area contributed by atoms with Crippen molar-refractivity contribution in [3.63, 3.8) is 0 Å². The first-order chi connectivity index (χ1) is 13.6. The molecule has 1 fully saturated rings. The van der Waals surface area contributed by atoms with E-state index in [4.69, 9.17) is 18.9 Å². The average Bonchev–Trinajstić information content (AvgIpc) is 2.73. The standard InChI is InChI=1S/C24H30O4/c1-16-7-6-8-18(13-16)23(17-9-11-20(25-2)12-10-17)19-14-21(26-3)24(28-5)22(15-19)27-4/h9-12,14-16H,6-8,13H2,1-5H3/b23-18+. The van der Waals surface area contributed by atoms with E-state index in [0.717, 1.165) is 24.2 Å². The summed E-state index contributed by atoms with van der Waals surface area (Å²) in [4.78, 5) is 0. The van der Waals surface area contributed by atoms with E-state index < -0.39 is 0 Å². The summed E-state index contributed by atoms with van der Waals surface area (Å²) in [6, 6.07) is 12.4. The Hall–Kier alpha value is -2.62. The van der Waals surface area contributed by atoms with Crippen LogP contribution in [0.3, 0.4) is 0 Å². The zero-order valence-electron chi connectivity index (χ0n) is 17.5. The van der Waals surface area contributed by atoms with Crippen LogP contribution in [-0.2, 0) is 0 Å². The Labute approximate surface area is 168 Å². The van der Waals surface area contributed by atoms with Crippen LogP contribution in [-0.4, -0.2) is 28.4 Å². The second-order valence-corrected chi connectivity index (χ2v) is 7.32. The van der Waals surface area contributed by atoms with Crippen molar-refractivity contribution < 1.29 is 18.9 Å². The lowest BCUT2D eigenvalue weighted by molar-refractivity contribution is 0.324. The van der Waals surface area contributed by atoms with Gasteiger partial charge < -0.3 is 18.9 Å². The molecule has 1 aliphatic rings. The van der Waals surface area contributed by atoms with Gasteiger partial charge in [-0.25, -0.2) is 0 Å². The SMILES string of the molecule is COc1ccc(/C(=C2/CCCC(C)C2)c2cc(OC)c(OC)c(OC)c2)cc1. The van der Waals surface area contributed by atoms with E-state index >= 15 is 0 Å². The molecule has 2 aromatic carbocycles. The Morgan fingerprint density at radius 1 is 0.821 bits per heavy atom. The highest BCUT2D eigenvalue weighted by atomic mass is 16.5. The largest absolute Gasteiger partial charge is 0.497 e. The predicted molar refractivity (Wildman–Crippen MR) is 113 cm³/mol. The molecule has 0 spiro atoms. The van der Waals surface area contributed by atoms with Crippen molar-refractivity contribution >= 4 is 5.57 Å². The van der Waals surface area contributed by atoms with E-state index in [1.54, 1.807) is 28.4 Å². The van der Waals surface area contributed by atoms with Crippen LogP contribution in [0.5, 0.6) is 23.0 Å². The summed E-state index contributed by atoms with van der Waals surface area (Å²) in [6.07, 6.45) is 4.73. The van der Waals surface area contributed by atoms with Crippen LogP contribution in [0.15, 0.2) is 42.0 Å². The second-order valence-electron chi connectivity index (χ2n) is 7.32. The maximum atomic E-state index is 5.60. The molecule has 150 valence electrons. The number of hydrogen-bond donors (Lipinski definition) is 0. The van der Waals surface area contributed by atoms with Crippen molar-refractivity contribution in [2.45, 2.75) is 32.6 Å². The molecule has 3 rings (SSSR count). The number of hydrogen-bond acceptors (Lipinski definition) is 4. The molecule has 1 aliphatic carbocycles. The summed E-state index contributed by atoms with van der Waals surface area (Å²) in [7, 11) is 6.63. The molecule has 2 aromatic rings. The Morgan fingerprint density at radius 3 is 1.96 bits per heavy atom. The number of benzene rings is 2. The van der Waals surface area contributed by atoms with Gasteiger partial charge in [0.25, 0.3) is 0 Å². The van der Waals surface area contributed by atoms with Crippen molar-refractivity contribution in [1.82, 2.24) is 0 Å². The van der Waals surface area contributed by atoms with Gasteiger partial charge in [-0.05, 0) is 66.1 Å². The van der Waals surface area contributed by atoms with Gasteiger partial charge in [0, 0.05) is 0 Å². The van der Waals surface area contributed by atoms with Crippen LogP contribution in [0.2, 0.25) is 0 Å². The molecule has 0 aromatic heterocycles. The first-order valence-electron chi connectivity index (χ1n) is 9.78. The molecule has 0 heterocycles. The van der Waals surface area contributed by atoms with E-state index in [-0.39, 0.29) is 0 Å². The molecule has 28 heavy (non-hydrogen) atoms. The third kappa shape index (κ3) is 4.11. The topological polar surface area (TPSA) is 36.9 Å². The van der Waals surface area contributed by atoms with E-state index in [1.165, 1.54) is 29.6 Å². The lowest BCUT2D eigenvalue weighted by atomic mass is 9.80. The molecule has 0 N–H and O–H groups in total. The molecular formula is C24H30O4. The van der Waals surface area contributed by atoms with Crippen molar-refractivity contribution in [2.24, 2.45) is 5.92 Å². The Morgan fingerprint density at radius 2 is 1.46 bits per heavy atom. The minimum absolute atomic E-state index is 0.616. The molecule has 0 saturated heterocycles. The smallest absolute Gasteiger partial charge is 0.203 e. The normalized spacial score (nSPS) is 18.4. The lowest BCUT2D eigenvalue weighted by Gasteiger charge is -2.25. The van der Waals surface area contributed by atoms with Crippen LogP contribution < -0.4 is 18.9 Å². The van der Waals surface area contributed by atoms with E-state index in [2.05, 4.69) is 19.1 Å². The molecule has 0 amide bonds. The van der Waals surface area contributed by atoms with Crippen molar-refractivity contribution in [1.29, 1.82) is 0 Å². The third-order valence-corrected chi connectivity index (χ3v) is 5.46. The summed E-state index contributed by atoms with van der Waals surface area (Å²) in [5.74, 6) is 3.51. The maximum Gasteiger partial charge on any atom is 0.203 e. The first kappa shape index (κ1) is 20.1. The third-order valence-electron chi connectivity index (χ3n) is 5.46. The van der Waals surface area contributed by atoms with Gasteiger partial charge in [0.1, 0.15) is 5.75 Å². The van der Waals surface area contributed by atoms with E-state index in [9.17, 15) is 0 Å². The van der Waals surface area contributed by atoms with Gasteiger partial charge in [0.15, 0.2) is 11.5 Å². The molecule has 4 heteroatoms. The van der Waals surface area contributed by atoms with Crippen molar-refractivity contribution in [3.05, 3.63) is 53.1 Å². The molecule has 1 saturated carbocycles. The molecule has 1 atom stereocenters. The van der Waals surface area contributed by atoms with Crippen molar-refractivity contribution in [3.8, 4) is 23.0 Å². The van der Waals surface area contributed by atoms with Gasteiger partial charge in [-0.15, -0.1) is 0 Å². The number of rotatable bonds is 6. The van der Waals surface area contributed by atoms with Gasteiger partial charge in [-0.3, -0.25) is 0 Å². The van der Waals surface area contributed by atoms with Crippen LogP contribution in [0, 0.1) is 5.92 Å². The minimum atomic E-state index is 0.616. The molecule has 1 unspecified atom stereocenters. The highest BCUT2D eigenvalue weighted by Crippen LogP contribution is 2.44. The predicted octanol–water partition coefficient (Wildman–Crippen LogP) is 5.73. The summed E-state index contributed by atoms with van der Waals surface area (Å²) in [6.45, 7) is 2.33. The number of methoxy groups -OCH3 is 4. The summed E-state index contributed by atoms with van der Waals surface area (Å²) in [5.41, 5.74) is 5.01. The molecule has 0 aliphatic heterocycles. The number of ether oxygens (including phenoxy) is 4. The summed E-state index contributed by atoms with van der Waals surface area (Å²) < 4.78 is 22.1. The zero-order chi connectivity index (χ0) is 20.1. The average molecular weight is 383 g/mol. The van der Waals surface area contributed by atoms with Crippen LogP contribution in [0.25, 0.3) is 5.57 Å². The van der Waals surface area contributed by atoms with E-state index in [1.807, 2.05) is 24.3 Å². The van der Waals surface area contributed by atoms with Crippen LogP contribution in [0.1, 0.15) is 43.7 Å². The fourth-order valence-corrected chi connectivity index (χ4v) is 4.07. The lowest BCUT2D eigenvalue weighted by Crippen LogP contribution is -2.08. The fourth-order valence-electron chi connectivity index (χ4n) is 4.07. The van der Waals surface area contributed by atoms with Gasteiger partial charge >= 0.3 is 0 Å². The van der Waals surface area contributed by atoms with Gasteiger partial charge in [0.2, 0.25) is 5.75 Å². The second kappa shape index (κ2) is 9.05. The quantitative estimate of drug-likeness (QED) is 0.639. The highest BCUT2D eigenvalue weighted by molar-refractivity contribution is 5.84. The first-order valence-corrected chi connectivity index (χ1v) is 9.78. The number of allylic oxidation sites excluding steroid dienone is 1. The van der Waals surface area contributed by atoms with Crippen molar-refractivity contribution in [2.75, 3.05) is 28.4 Å². The molecule has 4 nitrogen and oxygen atoms in total. The maximum absolute atomic E-state index is 5.60. The van der Waals surface area contributed by atoms with Gasteiger partial charge in [-0.2, -0.15) is 0 Å². The Kier molecular flexibility index (Phi) is 6.50. The fraction of sp³-hybridized carbons (Fsp3) is 0.417. The zero-order valence-corrected chi connectivity index (χ0v) is 17.5. The molecular weight excluding hydrogens is 352 g/mol. The highest BCUT2D eigenvalue weighted by Gasteiger charge is 2.22. The van der Waals surface area contributed by atoms with Crippen LogP contribution >= 0.6 is 0 Å². The Bertz CT molecular complexity index is 811. The Balaban J connectivity index is 2.20. The minimum Gasteiger partial charge on any atom is -0.497 e. The van der Waals surface area contributed by atoms with Gasteiger partial charge in [-0.1, -0.05) is 31.1 Å². The molecule has 0 radical (unpaired) electrons.